The molecule has 2 N–H and O–H groups in total. The Morgan fingerprint density at radius 3 is 2.52 bits per heavy atom. The van der Waals surface area contributed by atoms with Crippen molar-refractivity contribution in [3.63, 3.8) is 0 Å². The van der Waals surface area contributed by atoms with Gasteiger partial charge in [0.2, 0.25) is 11.8 Å². The van der Waals surface area contributed by atoms with E-state index >= 15 is 0 Å². The van der Waals surface area contributed by atoms with Crippen molar-refractivity contribution in [3.05, 3.63) is 0 Å². The standard InChI is InChI=1S/C19H30N2O2/c22-17-11-10-16(18(21-17)13-8-9-13)20-19(23)15-7-3-5-12-4-1-2-6-14(12)15/h12-16,18H,1-11H2,(H,20,23)(H,21,22). The van der Waals surface area contributed by atoms with Gasteiger partial charge in [0.1, 0.15) is 0 Å². The van der Waals surface area contributed by atoms with E-state index in [9.17, 15) is 9.59 Å². The third-order valence-electron chi connectivity index (χ3n) is 6.81. The average molecular weight is 318 g/mol. The van der Waals surface area contributed by atoms with Gasteiger partial charge in [-0.2, -0.15) is 0 Å². The minimum atomic E-state index is 0.164. The highest BCUT2D eigenvalue weighted by Crippen LogP contribution is 2.44. The van der Waals surface area contributed by atoms with Gasteiger partial charge in [0.15, 0.2) is 0 Å². The number of fused-ring (bicyclic) bond motifs is 1. The molecule has 4 aliphatic rings. The Morgan fingerprint density at radius 2 is 1.70 bits per heavy atom. The van der Waals surface area contributed by atoms with E-state index in [1.807, 2.05) is 0 Å². The summed E-state index contributed by atoms with van der Waals surface area (Å²) < 4.78 is 0. The van der Waals surface area contributed by atoms with E-state index in [2.05, 4.69) is 10.6 Å². The lowest BCUT2D eigenvalue weighted by molar-refractivity contribution is -0.132. The Kier molecular flexibility index (Phi) is 4.33. The van der Waals surface area contributed by atoms with Gasteiger partial charge in [-0.1, -0.05) is 32.1 Å². The maximum atomic E-state index is 13.0. The van der Waals surface area contributed by atoms with E-state index in [1.165, 1.54) is 51.4 Å². The normalized spacial score (nSPS) is 40.9. The summed E-state index contributed by atoms with van der Waals surface area (Å²) in [5.41, 5.74) is 0. The van der Waals surface area contributed by atoms with Gasteiger partial charge in [0, 0.05) is 18.4 Å². The lowest BCUT2D eigenvalue weighted by atomic mass is 9.65. The van der Waals surface area contributed by atoms with Crippen molar-refractivity contribution in [2.75, 3.05) is 0 Å². The van der Waals surface area contributed by atoms with Crippen molar-refractivity contribution in [1.82, 2.24) is 10.6 Å². The molecule has 4 fully saturated rings. The molecule has 4 nitrogen and oxygen atoms in total. The lowest BCUT2D eigenvalue weighted by Crippen LogP contribution is -2.58. The molecule has 23 heavy (non-hydrogen) atoms. The van der Waals surface area contributed by atoms with Gasteiger partial charge < -0.3 is 10.6 Å². The predicted molar refractivity (Wildman–Crippen MR) is 88.6 cm³/mol. The lowest BCUT2D eigenvalue weighted by Gasteiger charge is -2.42. The monoisotopic (exact) mass is 318 g/mol. The fraction of sp³-hybridized carbons (Fsp3) is 0.895. The molecule has 128 valence electrons. The van der Waals surface area contributed by atoms with Crippen molar-refractivity contribution >= 4 is 11.8 Å². The van der Waals surface area contributed by atoms with Crippen LogP contribution in [0.2, 0.25) is 0 Å². The first-order chi connectivity index (χ1) is 11.2. The average Bonchev–Trinajstić information content (AvgIpc) is 3.41. The summed E-state index contributed by atoms with van der Waals surface area (Å²) in [4.78, 5) is 24.7. The Hall–Kier alpha value is -1.06. The molecular weight excluding hydrogens is 288 g/mol. The Morgan fingerprint density at radius 1 is 0.913 bits per heavy atom. The van der Waals surface area contributed by atoms with Crippen LogP contribution >= 0.6 is 0 Å². The number of piperidine rings is 1. The number of nitrogens with one attached hydrogen (secondary N) is 2. The molecule has 1 heterocycles. The zero-order chi connectivity index (χ0) is 15.8. The summed E-state index contributed by atoms with van der Waals surface area (Å²) in [6.45, 7) is 0. The molecule has 0 radical (unpaired) electrons. The highest BCUT2D eigenvalue weighted by molar-refractivity contribution is 5.81. The fourth-order valence-electron chi connectivity index (χ4n) is 5.44. The van der Waals surface area contributed by atoms with Crippen LogP contribution in [0.3, 0.4) is 0 Å². The first kappa shape index (κ1) is 15.5. The number of hydrogen-bond donors (Lipinski definition) is 2. The molecular formula is C19H30N2O2. The van der Waals surface area contributed by atoms with Gasteiger partial charge in [-0.15, -0.1) is 0 Å². The van der Waals surface area contributed by atoms with Gasteiger partial charge >= 0.3 is 0 Å². The Bertz CT molecular complexity index is 472. The van der Waals surface area contributed by atoms with Gasteiger partial charge in [0.25, 0.3) is 0 Å². The van der Waals surface area contributed by atoms with Gasteiger partial charge in [-0.3, -0.25) is 9.59 Å². The van der Waals surface area contributed by atoms with Crippen molar-refractivity contribution in [2.45, 2.75) is 82.7 Å². The fourth-order valence-corrected chi connectivity index (χ4v) is 5.44. The molecule has 5 unspecified atom stereocenters. The molecule has 1 aliphatic heterocycles. The summed E-state index contributed by atoms with van der Waals surface area (Å²) in [5, 5.41) is 6.50. The van der Waals surface area contributed by atoms with Gasteiger partial charge in [-0.25, -0.2) is 0 Å². The summed E-state index contributed by atoms with van der Waals surface area (Å²) >= 11 is 0. The molecule has 0 aromatic rings. The number of amides is 2. The van der Waals surface area contributed by atoms with Crippen molar-refractivity contribution in [2.24, 2.45) is 23.7 Å². The number of rotatable bonds is 3. The second-order valence-corrected chi connectivity index (χ2v) is 8.33. The predicted octanol–water partition coefficient (Wildman–Crippen LogP) is 2.77. The second kappa shape index (κ2) is 6.45. The zero-order valence-corrected chi connectivity index (χ0v) is 14.1. The molecule has 2 amide bonds. The minimum absolute atomic E-state index is 0.164. The Labute approximate surface area is 139 Å². The van der Waals surface area contributed by atoms with Crippen LogP contribution in [0.25, 0.3) is 0 Å². The van der Waals surface area contributed by atoms with Gasteiger partial charge in [-0.05, 0) is 49.9 Å². The highest BCUT2D eigenvalue weighted by Gasteiger charge is 2.43. The molecule has 0 bridgehead atoms. The molecule has 4 heteroatoms. The van der Waals surface area contributed by atoms with Crippen molar-refractivity contribution < 1.29 is 9.59 Å². The maximum absolute atomic E-state index is 13.0. The van der Waals surface area contributed by atoms with E-state index < -0.39 is 0 Å². The van der Waals surface area contributed by atoms with Crippen molar-refractivity contribution in [1.29, 1.82) is 0 Å². The Balaban J connectivity index is 1.41. The smallest absolute Gasteiger partial charge is 0.223 e. The number of hydrogen-bond acceptors (Lipinski definition) is 2. The van der Waals surface area contributed by atoms with Crippen LogP contribution in [-0.4, -0.2) is 23.9 Å². The third kappa shape index (κ3) is 3.27. The van der Waals surface area contributed by atoms with Crippen molar-refractivity contribution in [3.8, 4) is 0 Å². The van der Waals surface area contributed by atoms with E-state index in [-0.39, 0.29) is 29.8 Å². The summed E-state index contributed by atoms with van der Waals surface area (Å²) in [7, 11) is 0. The molecule has 0 aromatic carbocycles. The third-order valence-corrected chi connectivity index (χ3v) is 6.81. The van der Waals surface area contributed by atoms with E-state index in [0.29, 0.717) is 18.3 Å². The molecule has 5 atom stereocenters. The van der Waals surface area contributed by atoms with Crippen LogP contribution < -0.4 is 10.6 Å². The summed E-state index contributed by atoms with van der Waals surface area (Å²) in [6, 6.07) is 0.350. The van der Waals surface area contributed by atoms with E-state index in [0.717, 1.165) is 18.8 Å². The van der Waals surface area contributed by atoms with Crippen LogP contribution in [-0.2, 0) is 9.59 Å². The first-order valence-electron chi connectivity index (χ1n) is 9.82. The van der Waals surface area contributed by atoms with Crippen LogP contribution in [0, 0.1) is 23.7 Å². The van der Waals surface area contributed by atoms with Crippen LogP contribution in [0.5, 0.6) is 0 Å². The zero-order valence-electron chi connectivity index (χ0n) is 14.1. The molecule has 1 saturated heterocycles. The quantitative estimate of drug-likeness (QED) is 0.840. The van der Waals surface area contributed by atoms with Gasteiger partial charge in [0.05, 0.1) is 6.04 Å². The van der Waals surface area contributed by atoms with Crippen LogP contribution in [0.15, 0.2) is 0 Å². The van der Waals surface area contributed by atoms with E-state index in [1.54, 1.807) is 0 Å². The summed E-state index contributed by atoms with van der Waals surface area (Å²) in [5.74, 6) is 2.68. The first-order valence-corrected chi connectivity index (χ1v) is 9.82. The molecule has 0 aromatic heterocycles. The largest absolute Gasteiger partial charge is 0.351 e. The van der Waals surface area contributed by atoms with E-state index in [4.69, 9.17) is 0 Å². The molecule has 3 aliphatic carbocycles. The minimum Gasteiger partial charge on any atom is -0.351 e. The molecule has 3 saturated carbocycles. The topological polar surface area (TPSA) is 58.2 Å². The molecule has 4 rings (SSSR count). The van der Waals surface area contributed by atoms with Crippen LogP contribution in [0.1, 0.15) is 70.6 Å². The second-order valence-electron chi connectivity index (χ2n) is 8.33. The highest BCUT2D eigenvalue weighted by atomic mass is 16.2. The SMILES string of the molecule is O=C1CCC(NC(=O)C2CCCC3CCCCC32)C(C2CC2)N1. The molecule has 0 spiro atoms. The maximum Gasteiger partial charge on any atom is 0.223 e. The number of carbonyl (C=O) groups excluding carboxylic acids is 2. The summed E-state index contributed by atoms with van der Waals surface area (Å²) in [6.07, 6.45) is 12.6. The van der Waals surface area contributed by atoms with Crippen LogP contribution in [0.4, 0.5) is 0 Å². The number of carbonyl (C=O) groups is 2.